The molecular weight excluding hydrogens is 283 g/mol. The fourth-order valence-electron chi connectivity index (χ4n) is 1.65. The number of nitrogens with zero attached hydrogens (tertiary/aromatic N) is 2. The summed E-state index contributed by atoms with van der Waals surface area (Å²) in [7, 11) is 0. The van der Waals surface area contributed by atoms with E-state index < -0.39 is 5.97 Å². The van der Waals surface area contributed by atoms with Crippen molar-refractivity contribution >= 4 is 55.7 Å². The second-order valence-electron chi connectivity index (χ2n) is 3.42. The Balaban J connectivity index is 2.44. The van der Waals surface area contributed by atoms with Crippen LogP contribution in [0, 0.1) is 0 Å². The SMILES string of the molecule is O=C(O)c1cn2c(n1)sc1cc(Cl)cc(Cl)c12. The first-order chi connectivity index (χ1) is 8.06. The van der Waals surface area contributed by atoms with Crippen LogP contribution in [0.25, 0.3) is 15.2 Å². The van der Waals surface area contributed by atoms with Gasteiger partial charge in [0.05, 0.1) is 15.2 Å². The molecule has 17 heavy (non-hydrogen) atoms. The van der Waals surface area contributed by atoms with E-state index in [1.807, 2.05) is 0 Å². The largest absolute Gasteiger partial charge is 0.476 e. The summed E-state index contributed by atoms with van der Waals surface area (Å²) in [6, 6.07) is 3.40. The topological polar surface area (TPSA) is 54.6 Å². The third kappa shape index (κ3) is 1.58. The fourth-order valence-corrected chi connectivity index (χ4v) is 3.43. The Morgan fingerprint density at radius 2 is 2.18 bits per heavy atom. The summed E-state index contributed by atoms with van der Waals surface area (Å²) >= 11 is 13.3. The zero-order valence-corrected chi connectivity index (χ0v) is 10.5. The van der Waals surface area contributed by atoms with E-state index in [4.69, 9.17) is 28.3 Å². The van der Waals surface area contributed by atoms with Crippen LogP contribution in [0.4, 0.5) is 0 Å². The summed E-state index contributed by atoms with van der Waals surface area (Å²) in [6.45, 7) is 0. The van der Waals surface area contributed by atoms with E-state index >= 15 is 0 Å². The highest BCUT2D eigenvalue weighted by Gasteiger charge is 2.15. The van der Waals surface area contributed by atoms with Gasteiger partial charge in [0.2, 0.25) is 0 Å². The first-order valence-corrected chi connectivity index (χ1v) is 6.13. The van der Waals surface area contributed by atoms with Crippen molar-refractivity contribution in [2.24, 2.45) is 0 Å². The first-order valence-electron chi connectivity index (χ1n) is 4.56. The number of aromatic carboxylic acids is 1. The van der Waals surface area contributed by atoms with Crippen molar-refractivity contribution in [2.45, 2.75) is 0 Å². The molecule has 0 radical (unpaired) electrons. The van der Waals surface area contributed by atoms with Crippen LogP contribution in [-0.4, -0.2) is 20.5 Å². The van der Waals surface area contributed by atoms with Gasteiger partial charge in [-0.25, -0.2) is 9.78 Å². The normalized spacial score (nSPS) is 11.4. The van der Waals surface area contributed by atoms with Crippen LogP contribution in [0.3, 0.4) is 0 Å². The minimum atomic E-state index is -1.06. The van der Waals surface area contributed by atoms with E-state index in [0.717, 1.165) is 10.2 Å². The Bertz CT molecular complexity index is 762. The maximum atomic E-state index is 10.8. The second kappa shape index (κ2) is 3.60. The molecule has 0 spiro atoms. The number of aromatic nitrogens is 2. The highest BCUT2D eigenvalue weighted by atomic mass is 35.5. The van der Waals surface area contributed by atoms with Gasteiger partial charge in [-0.2, -0.15) is 0 Å². The van der Waals surface area contributed by atoms with E-state index in [2.05, 4.69) is 4.98 Å². The van der Waals surface area contributed by atoms with Gasteiger partial charge in [0, 0.05) is 11.2 Å². The number of benzene rings is 1. The Labute approximate surface area is 109 Å². The van der Waals surface area contributed by atoms with Gasteiger partial charge in [-0.15, -0.1) is 0 Å². The lowest BCUT2D eigenvalue weighted by Gasteiger charge is -1.96. The van der Waals surface area contributed by atoms with Crippen LogP contribution in [0.5, 0.6) is 0 Å². The predicted molar refractivity (Wildman–Crippen MR) is 67.6 cm³/mol. The molecule has 0 aliphatic carbocycles. The highest BCUT2D eigenvalue weighted by molar-refractivity contribution is 7.23. The molecule has 0 bridgehead atoms. The third-order valence-corrected chi connectivity index (χ3v) is 3.84. The van der Waals surface area contributed by atoms with E-state index in [-0.39, 0.29) is 5.69 Å². The standard InChI is InChI=1S/C10H4Cl2N2O2S/c11-4-1-5(12)8-7(2-4)17-10-13-6(9(15)16)3-14(8)10/h1-3H,(H,15,16). The van der Waals surface area contributed by atoms with Crippen molar-refractivity contribution in [1.82, 2.24) is 9.38 Å². The molecule has 0 amide bonds. The summed E-state index contributed by atoms with van der Waals surface area (Å²) in [5.41, 5.74) is 0.736. The van der Waals surface area contributed by atoms with E-state index in [0.29, 0.717) is 15.0 Å². The molecule has 1 aromatic carbocycles. The van der Waals surface area contributed by atoms with Gasteiger partial charge in [0.1, 0.15) is 0 Å². The Hall–Kier alpha value is -1.30. The summed E-state index contributed by atoms with van der Waals surface area (Å²) in [6.07, 6.45) is 1.45. The maximum absolute atomic E-state index is 10.8. The van der Waals surface area contributed by atoms with Crippen LogP contribution < -0.4 is 0 Å². The van der Waals surface area contributed by atoms with Crippen LogP contribution in [0.1, 0.15) is 10.5 Å². The molecule has 0 saturated heterocycles. The predicted octanol–water partition coefficient (Wildman–Crippen LogP) is 3.55. The van der Waals surface area contributed by atoms with Crippen molar-refractivity contribution in [1.29, 1.82) is 0 Å². The molecule has 2 heterocycles. The molecule has 7 heteroatoms. The minimum Gasteiger partial charge on any atom is -0.476 e. The number of carbonyl (C=O) groups is 1. The van der Waals surface area contributed by atoms with Gasteiger partial charge in [0.25, 0.3) is 0 Å². The molecule has 3 aromatic rings. The number of fused-ring (bicyclic) bond motifs is 3. The van der Waals surface area contributed by atoms with Gasteiger partial charge in [-0.3, -0.25) is 4.40 Å². The van der Waals surface area contributed by atoms with Gasteiger partial charge >= 0.3 is 5.97 Å². The van der Waals surface area contributed by atoms with Crippen molar-refractivity contribution in [3.8, 4) is 0 Å². The van der Waals surface area contributed by atoms with Crippen molar-refractivity contribution in [3.63, 3.8) is 0 Å². The molecule has 3 rings (SSSR count). The molecule has 1 N–H and O–H groups in total. The Kier molecular flexibility index (Phi) is 2.29. The number of halogens is 2. The maximum Gasteiger partial charge on any atom is 0.356 e. The van der Waals surface area contributed by atoms with Gasteiger partial charge in [-0.1, -0.05) is 34.5 Å². The quantitative estimate of drug-likeness (QED) is 0.744. The Morgan fingerprint density at radius 1 is 1.41 bits per heavy atom. The zero-order valence-electron chi connectivity index (χ0n) is 8.15. The molecule has 0 aliphatic rings. The van der Waals surface area contributed by atoms with E-state index in [1.54, 1.807) is 16.5 Å². The van der Waals surface area contributed by atoms with Crippen LogP contribution in [0.15, 0.2) is 18.3 Å². The zero-order chi connectivity index (χ0) is 12.2. The lowest BCUT2D eigenvalue weighted by atomic mass is 10.3. The summed E-state index contributed by atoms with van der Waals surface area (Å²) in [5, 5.41) is 9.89. The fraction of sp³-hybridized carbons (Fsp3) is 0. The van der Waals surface area contributed by atoms with Crippen molar-refractivity contribution in [2.75, 3.05) is 0 Å². The number of rotatable bonds is 1. The van der Waals surface area contributed by atoms with E-state index in [9.17, 15) is 4.79 Å². The van der Waals surface area contributed by atoms with Crippen LogP contribution >= 0.6 is 34.5 Å². The summed E-state index contributed by atoms with van der Waals surface area (Å²) < 4.78 is 2.55. The molecule has 4 nitrogen and oxygen atoms in total. The highest BCUT2D eigenvalue weighted by Crippen LogP contribution is 2.34. The van der Waals surface area contributed by atoms with Gasteiger partial charge in [0.15, 0.2) is 10.7 Å². The average molecular weight is 287 g/mol. The van der Waals surface area contributed by atoms with Gasteiger partial charge in [-0.05, 0) is 12.1 Å². The average Bonchev–Trinajstić information content (AvgIpc) is 2.72. The number of carboxylic acid groups (broad SMARTS) is 1. The number of hydrogen-bond donors (Lipinski definition) is 1. The number of hydrogen-bond acceptors (Lipinski definition) is 3. The van der Waals surface area contributed by atoms with Crippen molar-refractivity contribution in [3.05, 3.63) is 34.1 Å². The summed E-state index contributed by atoms with van der Waals surface area (Å²) in [4.78, 5) is 15.4. The molecule has 2 aromatic heterocycles. The third-order valence-electron chi connectivity index (χ3n) is 2.33. The lowest BCUT2D eigenvalue weighted by Crippen LogP contribution is -1.95. The van der Waals surface area contributed by atoms with Crippen molar-refractivity contribution < 1.29 is 9.90 Å². The van der Waals surface area contributed by atoms with Gasteiger partial charge < -0.3 is 5.11 Å². The summed E-state index contributed by atoms with van der Waals surface area (Å²) in [5.74, 6) is -1.06. The molecule has 0 fully saturated rings. The first kappa shape index (κ1) is 10.8. The van der Waals surface area contributed by atoms with Crippen LogP contribution in [0.2, 0.25) is 10.0 Å². The molecule has 0 unspecified atom stereocenters. The number of imidazole rings is 1. The lowest BCUT2D eigenvalue weighted by molar-refractivity contribution is 0.0691. The second-order valence-corrected chi connectivity index (χ2v) is 5.27. The molecule has 0 atom stereocenters. The smallest absolute Gasteiger partial charge is 0.356 e. The molecule has 0 aliphatic heterocycles. The number of thiazole rings is 1. The minimum absolute atomic E-state index is 0.00386. The molecular formula is C10H4Cl2N2O2S. The molecule has 86 valence electrons. The van der Waals surface area contributed by atoms with Crippen LogP contribution in [-0.2, 0) is 0 Å². The van der Waals surface area contributed by atoms with E-state index in [1.165, 1.54) is 17.5 Å². The monoisotopic (exact) mass is 286 g/mol. The Morgan fingerprint density at radius 3 is 2.88 bits per heavy atom. The molecule has 0 saturated carbocycles. The number of carboxylic acids is 1.